The van der Waals surface area contributed by atoms with Crippen LogP contribution in [0.25, 0.3) is 0 Å². The summed E-state index contributed by atoms with van der Waals surface area (Å²) in [4.78, 5) is 75.0. The molecule has 0 bridgehead atoms. The van der Waals surface area contributed by atoms with Crippen LogP contribution in [0, 0.1) is 0 Å². The van der Waals surface area contributed by atoms with Gasteiger partial charge in [-0.1, -0.05) is 48.9 Å². The Labute approximate surface area is 295 Å². The van der Waals surface area contributed by atoms with E-state index in [1.807, 2.05) is 17.8 Å². The Hall–Kier alpha value is -4.47. The van der Waals surface area contributed by atoms with Crippen molar-refractivity contribution in [3.63, 3.8) is 0 Å². The third kappa shape index (κ3) is 12.1. The smallest absolute Gasteiger partial charge is 0.325 e. The number of carbonyl (C=O) groups excluding carboxylic acids is 6. The van der Waals surface area contributed by atoms with Gasteiger partial charge >= 0.3 is 12.0 Å². The van der Waals surface area contributed by atoms with Crippen LogP contribution in [-0.4, -0.2) is 123 Å². The second-order valence-corrected chi connectivity index (χ2v) is 13.1. The van der Waals surface area contributed by atoms with Crippen LogP contribution in [0.2, 0.25) is 0 Å². The minimum Gasteiger partial charge on any atom is -0.468 e. The van der Waals surface area contributed by atoms with Gasteiger partial charge in [0.25, 0.3) is 5.91 Å². The maximum atomic E-state index is 13.4. The first-order valence-corrected chi connectivity index (χ1v) is 17.7. The van der Waals surface area contributed by atoms with Gasteiger partial charge in [-0.3, -0.25) is 24.0 Å². The van der Waals surface area contributed by atoms with Crippen LogP contribution in [0.1, 0.15) is 52.0 Å². The molecule has 4 rings (SSSR count). The van der Waals surface area contributed by atoms with E-state index in [4.69, 9.17) is 9.47 Å². The molecule has 2 aromatic rings. The van der Waals surface area contributed by atoms with Crippen LogP contribution in [0.15, 0.2) is 54.6 Å². The standard InChI is InChI=1S/C35H45N5O9S/c1-47-31(43)21-37-30(42)22-40(34(45)26-13-11-25(12-14-26)33(44)24-7-3-2-4-8-24)16-18-49-20-19-48-17-15-36-29(41)10-6-5-9-28-32-27(23-50-28)38-35(46)39-32/h2-4,7-8,11-14,27-28,32H,5-6,9-10,15-23H2,1H3,(H,36,41)(H,37,42)(H2,38,39,46)/t27-,28-,32-/m0/s1. The van der Waals surface area contributed by atoms with E-state index in [0.717, 1.165) is 25.0 Å². The lowest BCUT2D eigenvalue weighted by Crippen LogP contribution is -2.43. The third-order valence-electron chi connectivity index (χ3n) is 8.24. The SMILES string of the molecule is COC(=O)CNC(=O)CN(CCOCCOCCNC(=O)CCCC[C@@H]1SC[C@@H]2NC(=O)N[C@@H]21)C(=O)c1ccc(C(=O)c2ccccc2)cc1. The zero-order valence-electron chi connectivity index (χ0n) is 28.2. The second kappa shape index (κ2) is 20.3. The molecule has 0 aromatic heterocycles. The highest BCUT2D eigenvalue weighted by Crippen LogP contribution is 2.33. The van der Waals surface area contributed by atoms with Gasteiger partial charge in [0.1, 0.15) is 6.54 Å². The summed E-state index contributed by atoms with van der Waals surface area (Å²) in [5.41, 5.74) is 1.23. The van der Waals surface area contributed by atoms with Crippen LogP contribution < -0.4 is 21.3 Å². The molecule has 0 unspecified atom stereocenters. The van der Waals surface area contributed by atoms with E-state index in [0.29, 0.717) is 35.9 Å². The second-order valence-electron chi connectivity index (χ2n) is 11.8. The van der Waals surface area contributed by atoms with Crippen LogP contribution in [0.4, 0.5) is 4.79 Å². The summed E-state index contributed by atoms with van der Waals surface area (Å²) in [7, 11) is 1.21. The van der Waals surface area contributed by atoms with Gasteiger partial charge in [-0.25, -0.2) is 4.79 Å². The van der Waals surface area contributed by atoms with Crippen LogP contribution in [0.5, 0.6) is 0 Å². The normalized spacial score (nSPS) is 17.6. The number of ether oxygens (including phenoxy) is 3. The molecule has 2 aliphatic rings. The van der Waals surface area contributed by atoms with Crippen molar-refractivity contribution in [1.82, 2.24) is 26.2 Å². The lowest BCUT2D eigenvalue weighted by Gasteiger charge is -2.22. The zero-order valence-corrected chi connectivity index (χ0v) is 29.0. The number of hydrogen-bond donors (Lipinski definition) is 4. The molecule has 3 atom stereocenters. The van der Waals surface area contributed by atoms with Gasteiger partial charge in [0.15, 0.2) is 5.78 Å². The quantitative estimate of drug-likeness (QED) is 0.0642. The van der Waals surface area contributed by atoms with E-state index >= 15 is 0 Å². The molecule has 5 amide bonds. The molecule has 4 N–H and O–H groups in total. The molecule has 0 aliphatic carbocycles. The summed E-state index contributed by atoms with van der Waals surface area (Å²) in [5, 5.41) is 11.6. The Morgan fingerprint density at radius 3 is 2.28 bits per heavy atom. The number of ketones is 1. The number of carbonyl (C=O) groups is 6. The minimum atomic E-state index is -0.621. The van der Waals surface area contributed by atoms with Gasteiger partial charge < -0.3 is 40.4 Å². The van der Waals surface area contributed by atoms with E-state index in [-0.39, 0.29) is 74.8 Å². The highest BCUT2D eigenvalue weighted by Gasteiger charge is 2.42. The molecule has 50 heavy (non-hydrogen) atoms. The first-order chi connectivity index (χ1) is 24.2. The molecule has 2 heterocycles. The first-order valence-electron chi connectivity index (χ1n) is 16.7. The topological polar surface area (TPSA) is 181 Å². The van der Waals surface area contributed by atoms with Gasteiger partial charge in [0.05, 0.1) is 52.2 Å². The fraction of sp³-hybridized carbons (Fsp3) is 0.486. The van der Waals surface area contributed by atoms with Gasteiger partial charge in [0.2, 0.25) is 11.8 Å². The van der Waals surface area contributed by atoms with E-state index in [2.05, 4.69) is 26.0 Å². The fourth-order valence-corrected chi connectivity index (χ4v) is 7.09. The van der Waals surface area contributed by atoms with Crippen molar-refractivity contribution < 1.29 is 43.0 Å². The highest BCUT2D eigenvalue weighted by atomic mass is 32.2. The van der Waals surface area contributed by atoms with E-state index in [9.17, 15) is 28.8 Å². The number of esters is 1. The summed E-state index contributed by atoms with van der Waals surface area (Å²) in [6, 6.07) is 15.3. The van der Waals surface area contributed by atoms with E-state index in [1.54, 1.807) is 36.4 Å². The molecule has 0 spiro atoms. The number of amides is 5. The lowest BCUT2D eigenvalue weighted by atomic mass is 10.0. The summed E-state index contributed by atoms with van der Waals surface area (Å²) in [6.45, 7) is 0.736. The number of methoxy groups -OCH3 is 1. The molecule has 2 aliphatic heterocycles. The predicted molar refractivity (Wildman–Crippen MR) is 186 cm³/mol. The first kappa shape index (κ1) is 38.3. The Balaban J connectivity index is 1.11. The van der Waals surface area contributed by atoms with Crippen molar-refractivity contribution in [3.8, 4) is 0 Å². The summed E-state index contributed by atoms with van der Waals surface area (Å²) in [6.07, 6.45) is 3.09. The molecule has 15 heteroatoms. The van der Waals surface area contributed by atoms with Crippen LogP contribution >= 0.6 is 11.8 Å². The number of nitrogens with zero attached hydrogens (tertiary/aromatic N) is 1. The minimum absolute atomic E-state index is 0.0320. The maximum Gasteiger partial charge on any atom is 0.325 e. The molecular weight excluding hydrogens is 666 g/mol. The largest absolute Gasteiger partial charge is 0.468 e. The number of hydrogen-bond acceptors (Lipinski definition) is 10. The Morgan fingerprint density at radius 1 is 0.840 bits per heavy atom. The van der Waals surface area contributed by atoms with Crippen LogP contribution in [0.3, 0.4) is 0 Å². The fourth-order valence-electron chi connectivity index (χ4n) is 5.55. The Morgan fingerprint density at radius 2 is 1.54 bits per heavy atom. The maximum absolute atomic E-state index is 13.4. The van der Waals surface area contributed by atoms with Crippen molar-refractivity contribution in [2.24, 2.45) is 0 Å². The molecular formula is C35H45N5O9S. The van der Waals surface area contributed by atoms with Gasteiger partial charge in [-0.15, -0.1) is 0 Å². The average molecular weight is 712 g/mol. The number of urea groups is 1. The molecule has 0 saturated carbocycles. The van der Waals surface area contributed by atoms with Crippen molar-refractivity contribution in [1.29, 1.82) is 0 Å². The Kier molecular flexibility index (Phi) is 15.5. The lowest BCUT2D eigenvalue weighted by molar-refractivity contribution is -0.141. The van der Waals surface area contributed by atoms with Crippen molar-refractivity contribution >= 4 is 47.3 Å². The van der Waals surface area contributed by atoms with Crippen molar-refractivity contribution in [2.75, 3.05) is 65.5 Å². The number of fused-ring (bicyclic) bond motifs is 1. The number of nitrogens with one attached hydrogen (secondary N) is 4. The average Bonchev–Trinajstić information content (AvgIpc) is 3.69. The molecule has 14 nitrogen and oxygen atoms in total. The van der Waals surface area contributed by atoms with Crippen molar-refractivity contribution in [3.05, 3.63) is 71.3 Å². The van der Waals surface area contributed by atoms with Gasteiger partial charge in [-0.05, 0) is 25.0 Å². The zero-order chi connectivity index (χ0) is 35.7. The number of rotatable bonds is 21. The van der Waals surface area contributed by atoms with Crippen LogP contribution in [-0.2, 0) is 28.6 Å². The summed E-state index contributed by atoms with van der Waals surface area (Å²) >= 11 is 1.87. The summed E-state index contributed by atoms with van der Waals surface area (Å²) in [5.74, 6) is -0.900. The molecule has 270 valence electrons. The van der Waals surface area contributed by atoms with E-state index in [1.165, 1.54) is 24.1 Å². The van der Waals surface area contributed by atoms with E-state index < -0.39 is 17.8 Å². The summed E-state index contributed by atoms with van der Waals surface area (Å²) < 4.78 is 15.7. The molecule has 2 saturated heterocycles. The van der Waals surface area contributed by atoms with Gasteiger partial charge in [0, 0.05) is 47.2 Å². The molecule has 2 fully saturated rings. The third-order valence-corrected chi connectivity index (χ3v) is 9.74. The molecule has 2 aromatic carbocycles. The number of thioether (sulfide) groups is 1. The van der Waals surface area contributed by atoms with Gasteiger partial charge in [-0.2, -0.15) is 11.8 Å². The number of unbranched alkanes of at least 4 members (excludes halogenated alkanes) is 1. The Bertz CT molecular complexity index is 1460. The monoisotopic (exact) mass is 711 g/mol. The number of benzene rings is 2. The highest BCUT2D eigenvalue weighted by molar-refractivity contribution is 8.00. The van der Waals surface area contributed by atoms with Crippen molar-refractivity contribution in [2.45, 2.75) is 43.0 Å². The molecule has 0 radical (unpaired) electrons. The predicted octanol–water partition coefficient (Wildman–Crippen LogP) is 1.52.